The first kappa shape index (κ1) is 14.8. The zero-order chi connectivity index (χ0) is 15.2. The highest BCUT2D eigenvalue weighted by Gasteiger charge is 2.18. The molecule has 0 fully saturated rings. The molecule has 0 bridgehead atoms. The summed E-state index contributed by atoms with van der Waals surface area (Å²) >= 11 is 0. The highest BCUT2D eigenvalue weighted by molar-refractivity contribution is 5.96. The zero-order valence-electron chi connectivity index (χ0n) is 12.0. The maximum Gasteiger partial charge on any atom is 0.333 e. The number of carbonyl (C=O) groups is 2. The molecule has 0 radical (unpaired) electrons. The lowest BCUT2D eigenvalue weighted by Crippen LogP contribution is -2.40. The zero-order valence-corrected chi connectivity index (χ0v) is 12.0. The molecule has 1 amide bonds. The second kappa shape index (κ2) is 6.70. The first-order valence-electron chi connectivity index (χ1n) is 6.70. The molecule has 2 rings (SSSR count). The Kier molecular flexibility index (Phi) is 4.72. The Morgan fingerprint density at radius 1 is 1.05 bits per heavy atom. The number of amides is 1. The molecule has 1 atom stereocenters. The normalized spacial score (nSPS) is 11.5. The van der Waals surface area contributed by atoms with Gasteiger partial charge in [-0.1, -0.05) is 30.3 Å². The molecule has 0 saturated carbocycles. The summed E-state index contributed by atoms with van der Waals surface area (Å²) in [5.74, 6) is -0.324. The fourth-order valence-electron chi connectivity index (χ4n) is 1.81. The Hall–Kier alpha value is -2.62. The molecule has 0 spiro atoms. The summed E-state index contributed by atoms with van der Waals surface area (Å²) in [4.78, 5) is 23.9. The molecule has 108 valence electrons. The molecule has 2 aromatic carbocycles. The first-order chi connectivity index (χ1) is 10.1. The molecule has 1 N–H and O–H groups in total. The Balaban J connectivity index is 1.95. The second-order valence-corrected chi connectivity index (χ2v) is 4.80. The molecule has 4 heteroatoms. The molecular formula is C17H17NO3. The largest absolute Gasteiger partial charge is 0.425 e. The molecular weight excluding hydrogens is 266 g/mol. The summed E-state index contributed by atoms with van der Waals surface area (Å²) in [6.07, 6.45) is 0. The summed E-state index contributed by atoms with van der Waals surface area (Å²) in [7, 11) is 0. The monoisotopic (exact) mass is 283 g/mol. The fourth-order valence-corrected chi connectivity index (χ4v) is 1.81. The van der Waals surface area contributed by atoms with Crippen molar-refractivity contribution in [2.45, 2.75) is 19.9 Å². The molecule has 2 aromatic rings. The third-order valence-corrected chi connectivity index (χ3v) is 2.95. The smallest absolute Gasteiger partial charge is 0.333 e. The van der Waals surface area contributed by atoms with Crippen LogP contribution in [0, 0.1) is 6.92 Å². The van der Waals surface area contributed by atoms with Crippen molar-refractivity contribution in [3.05, 3.63) is 65.7 Å². The van der Waals surface area contributed by atoms with Crippen LogP contribution in [0.5, 0.6) is 5.75 Å². The minimum Gasteiger partial charge on any atom is -0.425 e. The van der Waals surface area contributed by atoms with Gasteiger partial charge in [-0.25, -0.2) is 4.79 Å². The van der Waals surface area contributed by atoms with E-state index in [1.54, 1.807) is 43.3 Å². The van der Waals surface area contributed by atoms with Gasteiger partial charge < -0.3 is 10.1 Å². The summed E-state index contributed by atoms with van der Waals surface area (Å²) in [6.45, 7) is 3.51. The predicted molar refractivity (Wildman–Crippen MR) is 80.2 cm³/mol. The topological polar surface area (TPSA) is 55.4 Å². The second-order valence-electron chi connectivity index (χ2n) is 4.80. The molecule has 21 heavy (non-hydrogen) atoms. The van der Waals surface area contributed by atoms with Gasteiger partial charge in [0.2, 0.25) is 0 Å². The van der Waals surface area contributed by atoms with E-state index in [0.29, 0.717) is 11.3 Å². The average Bonchev–Trinajstić information content (AvgIpc) is 2.48. The van der Waals surface area contributed by atoms with Gasteiger partial charge in [0.25, 0.3) is 5.91 Å². The van der Waals surface area contributed by atoms with Gasteiger partial charge in [-0.05, 0) is 43.7 Å². The van der Waals surface area contributed by atoms with Crippen molar-refractivity contribution in [2.75, 3.05) is 0 Å². The number of aryl methyl sites for hydroxylation is 1. The number of nitrogens with one attached hydrogen (secondary N) is 1. The lowest BCUT2D eigenvalue weighted by Gasteiger charge is -2.13. The van der Waals surface area contributed by atoms with Crippen LogP contribution in [0.4, 0.5) is 0 Å². The number of hydrogen-bond acceptors (Lipinski definition) is 3. The van der Waals surface area contributed by atoms with E-state index >= 15 is 0 Å². The van der Waals surface area contributed by atoms with Gasteiger partial charge in [-0.15, -0.1) is 0 Å². The van der Waals surface area contributed by atoms with E-state index in [1.807, 2.05) is 25.1 Å². The predicted octanol–water partition coefficient (Wildman–Crippen LogP) is 2.72. The maximum absolute atomic E-state index is 12.0. The van der Waals surface area contributed by atoms with Gasteiger partial charge in [0.05, 0.1) is 0 Å². The van der Waals surface area contributed by atoms with Crippen LogP contribution in [0.15, 0.2) is 54.6 Å². The SMILES string of the molecule is Cc1cccc(OC(=O)C(C)NC(=O)c2ccccc2)c1. The Bertz CT molecular complexity index is 637. The van der Waals surface area contributed by atoms with E-state index in [9.17, 15) is 9.59 Å². The van der Waals surface area contributed by atoms with Crippen LogP contribution < -0.4 is 10.1 Å². The molecule has 0 aromatic heterocycles. The van der Waals surface area contributed by atoms with Crippen molar-refractivity contribution in [2.24, 2.45) is 0 Å². The third-order valence-electron chi connectivity index (χ3n) is 2.95. The molecule has 0 aliphatic heterocycles. The quantitative estimate of drug-likeness (QED) is 0.693. The van der Waals surface area contributed by atoms with Gasteiger partial charge in [0, 0.05) is 5.56 Å². The summed E-state index contributed by atoms with van der Waals surface area (Å²) < 4.78 is 5.24. The van der Waals surface area contributed by atoms with E-state index in [2.05, 4.69) is 5.32 Å². The average molecular weight is 283 g/mol. The van der Waals surface area contributed by atoms with Crippen molar-refractivity contribution in [3.63, 3.8) is 0 Å². The van der Waals surface area contributed by atoms with Gasteiger partial charge in [0.1, 0.15) is 11.8 Å². The number of benzene rings is 2. The Morgan fingerprint density at radius 3 is 2.43 bits per heavy atom. The Morgan fingerprint density at radius 2 is 1.76 bits per heavy atom. The molecule has 0 heterocycles. The minimum absolute atomic E-state index is 0.302. The van der Waals surface area contributed by atoms with Crippen LogP contribution >= 0.6 is 0 Å². The minimum atomic E-state index is -0.724. The highest BCUT2D eigenvalue weighted by atomic mass is 16.5. The summed E-state index contributed by atoms with van der Waals surface area (Å²) in [6, 6.07) is 15.2. The van der Waals surface area contributed by atoms with E-state index in [0.717, 1.165) is 5.56 Å². The van der Waals surface area contributed by atoms with Crippen molar-refractivity contribution >= 4 is 11.9 Å². The van der Waals surface area contributed by atoms with Crippen LogP contribution in [0.25, 0.3) is 0 Å². The van der Waals surface area contributed by atoms with Crippen LogP contribution in [-0.4, -0.2) is 17.9 Å². The molecule has 0 saturated heterocycles. The Labute approximate surface area is 123 Å². The van der Waals surface area contributed by atoms with E-state index in [1.165, 1.54) is 0 Å². The number of hydrogen-bond donors (Lipinski definition) is 1. The number of esters is 1. The third kappa shape index (κ3) is 4.18. The van der Waals surface area contributed by atoms with Gasteiger partial charge in [-0.2, -0.15) is 0 Å². The van der Waals surface area contributed by atoms with Crippen molar-refractivity contribution in [1.29, 1.82) is 0 Å². The summed E-state index contributed by atoms with van der Waals surface area (Å²) in [5, 5.41) is 2.62. The van der Waals surface area contributed by atoms with E-state index in [-0.39, 0.29) is 5.91 Å². The lowest BCUT2D eigenvalue weighted by molar-refractivity contribution is -0.136. The van der Waals surface area contributed by atoms with Crippen LogP contribution in [-0.2, 0) is 4.79 Å². The van der Waals surface area contributed by atoms with Gasteiger partial charge in [0.15, 0.2) is 0 Å². The highest BCUT2D eigenvalue weighted by Crippen LogP contribution is 2.13. The first-order valence-corrected chi connectivity index (χ1v) is 6.70. The van der Waals surface area contributed by atoms with Gasteiger partial charge in [-0.3, -0.25) is 4.79 Å². The standard InChI is InChI=1S/C17H17NO3/c1-12-7-6-10-15(11-12)21-17(20)13(2)18-16(19)14-8-4-3-5-9-14/h3-11,13H,1-2H3,(H,18,19). The molecule has 4 nitrogen and oxygen atoms in total. The van der Waals surface area contributed by atoms with E-state index < -0.39 is 12.0 Å². The fraction of sp³-hybridized carbons (Fsp3) is 0.176. The number of rotatable bonds is 4. The number of carbonyl (C=O) groups excluding carboxylic acids is 2. The van der Waals surface area contributed by atoms with Gasteiger partial charge >= 0.3 is 5.97 Å². The van der Waals surface area contributed by atoms with Crippen LogP contribution in [0.1, 0.15) is 22.8 Å². The van der Waals surface area contributed by atoms with Crippen molar-refractivity contribution < 1.29 is 14.3 Å². The number of ether oxygens (including phenoxy) is 1. The van der Waals surface area contributed by atoms with Crippen LogP contribution in [0.3, 0.4) is 0 Å². The van der Waals surface area contributed by atoms with Crippen molar-refractivity contribution in [3.8, 4) is 5.75 Å². The molecule has 0 aliphatic rings. The molecule has 0 aliphatic carbocycles. The lowest BCUT2D eigenvalue weighted by atomic mass is 10.2. The van der Waals surface area contributed by atoms with Crippen LogP contribution in [0.2, 0.25) is 0 Å². The summed E-state index contributed by atoms with van der Waals surface area (Å²) in [5.41, 5.74) is 1.51. The van der Waals surface area contributed by atoms with Crippen molar-refractivity contribution in [1.82, 2.24) is 5.32 Å². The maximum atomic E-state index is 12.0. The molecule has 1 unspecified atom stereocenters. The van der Waals surface area contributed by atoms with E-state index in [4.69, 9.17) is 4.74 Å².